The quantitative estimate of drug-likeness (QED) is 0.805. The molecule has 0 N–H and O–H groups in total. The molecule has 0 bridgehead atoms. The maximum atomic E-state index is 13.2. The fourth-order valence-electron chi connectivity index (χ4n) is 3.12. The van der Waals surface area contributed by atoms with Gasteiger partial charge < -0.3 is 9.64 Å². The van der Waals surface area contributed by atoms with Crippen molar-refractivity contribution in [1.82, 2.24) is 4.98 Å². The highest BCUT2D eigenvalue weighted by Crippen LogP contribution is 2.28. The number of hydrogen-bond acceptors (Lipinski definition) is 3. The summed E-state index contributed by atoms with van der Waals surface area (Å²) >= 11 is 0. The second kappa shape index (κ2) is 6.77. The molecule has 3 nitrogen and oxygen atoms in total. The van der Waals surface area contributed by atoms with Gasteiger partial charge in [-0.2, -0.15) is 4.39 Å². The van der Waals surface area contributed by atoms with E-state index in [2.05, 4.69) is 22.0 Å². The second-order valence-corrected chi connectivity index (χ2v) is 5.76. The Morgan fingerprint density at radius 2 is 1.91 bits per heavy atom. The summed E-state index contributed by atoms with van der Waals surface area (Å²) in [4.78, 5) is 6.14. The van der Waals surface area contributed by atoms with E-state index in [4.69, 9.17) is 4.74 Å². The molecule has 2 aromatic rings. The standard InChI is InChI=1S/C18H21FN2O/c1-22-16-6-3-2-5-15(16)13-14-9-11-21(12-10-14)18-8-4-7-17(19)20-18/h2-8,14H,9-13H2,1H3. The smallest absolute Gasteiger partial charge is 0.214 e. The van der Waals surface area contributed by atoms with Gasteiger partial charge in [0, 0.05) is 13.1 Å². The molecule has 1 aromatic carbocycles. The molecule has 0 unspecified atom stereocenters. The molecule has 2 heterocycles. The van der Waals surface area contributed by atoms with Gasteiger partial charge in [-0.3, -0.25) is 0 Å². The third-order valence-electron chi connectivity index (χ3n) is 4.34. The van der Waals surface area contributed by atoms with Crippen molar-refractivity contribution < 1.29 is 9.13 Å². The summed E-state index contributed by atoms with van der Waals surface area (Å²) in [6.45, 7) is 1.85. The van der Waals surface area contributed by atoms with Gasteiger partial charge in [-0.05, 0) is 48.9 Å². The van der Waals surface area contributed by atoms with Gasteiger partial charge in [0.1, 0.15) is 11.6 Å². The van der Waals surface area contributed by atoms with Crippen LogP contribution in [0.15, 0.2) is 42.5 Å². The van der Waals surface area contributed by atoms with E-state index in [0.717, 1.165) is 43.9 Å². The minimum Gasteiger partial charge on any atom is -0.496 e. The minimum absolute atomic E-state index is 0.409. The normalized spacial score (nSPS) is 15.8. The Labute approximate surface area is 130 Å². The number of anilines is 1. The molecule has 4 heteroatoms. The van der Waals surface area contributed by atoms with E-state index in [0.29, 0.717) is 5.92 Å². The van der Waals surface area contributed by atoms with Crippen molar-refractivity contribution in [3.8, 4) is 5.75 Å². The van der Waals surface area contributed by atoms with Gasteiger partial charge >= 0.3 is 0 Å². The average molecular weight is 300 g/mol. The van der Waals surface area contributed by atoms with Crippen LogP contribution in [0.25, 0.3) is 0 Å². The summed E-state index contributed by atoms with van der Waals surface area (Å²) in [5.41, 5.74) is 1.27. The van der Waals surface area contributed by atoms with E-state index in [1.54, 1.807) is 13.2 Å². The van der Waals surface area contributed by atoms with Gasteiger partial charge in [0.05, 0.1) is 7.11 Å². The van der Waals surface area contributed by atoms with Crippen molar-refractivity contribution in [2.75, 3.05) is 25.1 Å². The Morgan fingerprint density at radius 1 is 1.14 bits per heavy atom. The number of halogens is 1. The SMILES string of the molecule is COc1ccccc1CC1CCN(c2cccc(F)n2)CC1. The number of nitrogens with zero attached hydrogens (tertiary/aromatic N) is 2. The van der Waals surface area contributed by atoms with Crippen molar-refractivity contribution >= 4 is 5.82 Å². The molecule has 0 saturated carbocycles. The summed E-state index contributed by atoms with van der Waals surface area (Å²) in [6.07, 6.45) is 3.22. The van der Waals surface area contributed by atoms with Crippen molar-refractivity contribution in [2.24, 2.45) is 5.92 Å². The first-order valence-electron chi connectivity index (χ1n) is 7.75. The molecule has 0 amide bonds. The Hall–Kier alpha value is -2.10. The number of benzene rings is 1. The van der Waals surface area contributed by atoms with Gasteiger partial charge in [0.2, 0.25) is 5.95 Å². The molecular formula is C18H21FN2O. The molecule has 0 aliphatic carbocycles. The molecule has 1 aromatic heterocycles. The molecule has 22 heavy (non-hydrogen) atoms. The van der Waals surface area contributed by atoms with Crippen molar-refractivity contribution in [1.29, 1.82) is 0 Å². The van der Waals surface area contributed by atoms with Gasteiger partial charge in [-0.25, -0.2) is 4.98 Å². The lowest BCUT2D eigenvalue weighted by atomic mass is 9.90. The fraction of sp³-hybridized carbons (Fsp3) is 0.389. The van der Waals surface area contributed by atoms with Crippen molar-refractivity contribution in [3.05, 3.63) is 54.0 Å². The van der Waals surface area contributed by atoms with Crippen LogP contribution in [0, 0.1) is 11.9 Å². The Morgan fingerprint density at radius 3 is 2.64 bits per heavy atom. The number of hydrogen-bond donors (Lipinski definition) is 0. The van der Waals surface area contributed by atoms with Crippen LogP contribution in [-0.2, 0) is 6.42 Å². The first-order valence-corrected chi connectivity index (χ1v) is 7.75. The minimum atomic E-state index is -0.409. The van der Waals surface area contributed by atoms with E-state index >= 15 is 0 Å². The number of pyridine rings is 1. The van der Waals surface area contributed by atoms with E-state index in [9.17, 15) is 4.39 Å². The maximum Gasteiger partial charge on any atom is 0.214 e. The molecule has 0 radical (unpaired) electrons. The number of methoxy groups -OCH3 is 1. The zero-order valence-electron chi connectivity index (χ0n) is 12.8. The molecule has 1 saturated heterocycles. The van der Waals surface area contributed by atoms with Crippen molar-refractivity contribution in [3.63, 3.8) is 0 Å². The Balaban J connectivity index is 1.60. The molecular weight excluding hydrogens is 279 g/mol. The average Bonchev–Trinajstić information content (AvgIpc) is 2.56. The van der Waals surface area contributed by atoms with E-state index in [1.165, 1.54) is 11.6 Å². The monoisotopic (exact) mass is 300 g/mol. The highest BCUT2D eigenvalue weighted by atomic mass is 19.1. The first-order chi connectivity index (χ1) is 10.8. The van der Waals surface area contributed by atoms with Crippen LogP contribution in [0.2, 0.25) is 0 Å². The van der Waals surface area contributed by atoms with Crippen LogP contribution in [0.1, 0.15) is 18.4 Å². The predicted molar refractivity (Wildman–Crippen MR) is 85.8 cm³/mol. The molecule has 116 valence electrons. The number of aromatic nitrogens is 1. The van der Waals surface area contributed by atoms with Crippen LogP contribution in [0.3, 0.4) is 0 Å². The van der Waals surface area contributed by atoms with Gasteiger partial charge in [-0.15, -0.1) is 0 Å². The molecule has 1 aliphatic heterocycles. The van der Waals surface area contributed by atoms with E-state index < -0.39 is 5.95 Å². The summed E-state index contributed by atoms with van der Waals surface area (Å²) in [5.74, 6) is 1.95. The largest absolute Gasteiger partial charge is 0.496 e. The fourth-order valence-corrected chi connectivity index (χ4v) is 3.12. The molecule has 0 atom stereocenters. The molecule has 1 aliphatic rings. The third-order valence-corrected chi connectivity index (χ3v) is 4.34. The van der Waals surface area contributed by atoms with Crippen molar-refractivity contribution in [2.45, 2.75) is 19.3 Å². The number of para-hydroxylation sites is 1. The first kappa shape index (κ1) is 14.8. The molecule has 3 rings (SSSR count). The number of ether oxygens (including phenoxy) is 1. The second-order valence-electron chi connectivity index (χ2n) is 5.76. The van der Waals surface area contributed by atoms with Crippen LogP contribution >= 0.6 is 0 Å². The maximum absolute atomic E-state index is 13.2. The van der Waals surface area contributed by atoms with Crippen LogP contribution < -0.4 is 9.64 Å². The topological polar surface area (TPSA) is 25.4 Å². The number of rotatable bonds is 4. The molecule has 1 fully saturated rings. The highest BCUT2D eigenvalue weighted by Gasteiger charge is 2.21. The Kier molecular flexibility index (Phi) is 4.56. The van der Waals surface area contributed by atoms with Crippen LogP contribution in [-0.4, -0.2) is 25.2 Å². The zero-order valence-corrected chi connectivity index (χ0v) is 12.8. The lowest BCUT2D eigenvalue weighted by Crippen LogP contribution is -2.35. The number of piperidine rings is 1. The summed E-state index contributed by atoms with van der Waals surface area (Å²) < 4.78 is 18.6. The van der Waals surface area contributed by atoms with Gasteiger partial charge in [0.25, 0.3) is 0 Å². The highest BCUT2D eigenvalue weighted by molar-refractivity contribution is 5.38. The third kappa shape index (κ3) is 3.38. The van der Waals surface area contributed by atoms with Gasteiger partial charge in [0.15, 0.2) is 0 Å². The van der Waals surface area contributed by atoms with Crippen LogP contribution in [0.4, 0.5) is 10.2 Å². The zero-order chi connectivity index (χ0) is 15.4. The predicted octanol–water partition coefficient (Wildman–Crippen LogP) is 3.69. The van der Waals surface area contributed by atoms with E-state index in [-0.39, 0.29) is 0 Å². The summed E-state index contributed by atoms with van der Waals surface area (Å²) in [5, 5.41) is 0. The van der Waals surface area contributed by atoms with E-state index in [1.807, 2.05) is 18.2 Å². The molecule has 0 spiro atoms. The summed E-state index contributed by atoms with van der Waals surface area (Å²) in [6, 6.07) is 13.2. The van der Waals surface area contributed by atoms with Gasteiger partial charge in [-0.1, -0.05) is 24.3 Å². The van der Waals surface area contributed by atoms with Crippen LogP contribution in [0.5, 0.6) is 5.75 Å². The lowest BCUT2D eigenvalue weighted by molar-refractivity contribution is 0.380. The Bertz CT molecular complexity index is 624. The summed E-state index contributed by atoms with van der Waals surface area (Å²) in [7, 11) is 1.72. The lowest BCUT2D eigenvalue weighted by Gasteiger charge is -2.33.